The Labute approximate surface area is 75.6 Å². The van der Waals surface area contributed by atoms with E-state index in [1.165, 1.54) is 19.5 Å². The maximum absolute atomic E-state index is 4.48. The van der Waals surface area contributed by atoms with Crippen molar-refractivity contribution in [1.29, 1.82) is 0 Å². The van der Waals surface area contributed by atoms with Gasteiger partial charge < -0.3 is 4.90 Å². The average molecular weight is 173 g/mol. The zero-order valence-electron chi connectivity index (χ0n) is 7.75. The lowest BCUT2D eigenvalue weighted by Gasteiger charge is -2.21. The molecule has 2 atom stereocenters. The van der Waals surface area contributed by atoms with Gasteiger partial charge in [-0.25, -0.2) is 0 Å². The van der Waals surface area contributed by atoms with E-state index in [1.54, 1.807) is 0 Å². The number of hydrogen-bond donors (Lipinski definition) is 1. The SMILES string of the molecule is CC(S)C1CCN(C(C)C)C1. The van der Waals surface area contributed by atoms with E-state index in [9.17, 15) is 0 Å². The molecule has 1 heterocycles. The van der Waals surface area contributed by atoms with Crippen LogP contribution in [0.25, 0.3) is 0 Å². The molecule has 0 radical (unpaired) electrons. The summed E-state index contributed by atoms with van der Waals surface area (Å²) >= 11 is 4.48. The lowest BCUT2D eigenvalue weighted by Crippen LogP contribution is -2.29. The fraction of sp³-hybridized carbons (Fsp3) is 1.00. The maximum Gasteiger partial charge on any atom is 0.00387 e. The number of rotatable bonds is 2. The predicted molar refractivity (Wildman–Crippen MR) is 53.3 cm³/mol. The molecule has 0 aliphatic carbocycles. The van der Waals surface area contributed by atoms with E-state index < -0.39 is 0 Å². The van der Waals surface area contributed by atoms with Gasteiger partial charge >= 0.3 is 0 Å². The van der Waals surface area contributed by atoms with E-state index in [0.717, 1.165) is 5.92 Å². The van der Waals surface area contributed by atoms with E-state index in [0.29, 0.717) is 11.3 Å². The van der Waals surface area contributed by atoms with Gasteiger partial charge in [-0.05, 0) is 32.7 Å². The molecule has 1 aliphatic heterocycles. The van der Waals surface area contributed by atoms with E-state index in [2.05, 4.69) is 38.3 Å². The molecular formula is C9H19NS. The van der Waals surface area contributed by atoms with Crippen LogP contribution in [0.4, 0.5) is 0 Å². The monoisotopic (exact) mass is 173 g/mol. The molecule has 66 valence electrons. The molecule has 0 bridgehead atoms. The fourth-order valence-electron chi connectivity index (χ4n) is 1.68. The minimum Gasteiger partial charge on any atom is -0.301 e. The van der Waals surface area contributed by atoms with Crippen LogP contribution in [0.2, 0.25) is 0 Å². The van der Waals surface area contributed by atoms with Crippen molar-refractivity contribution in [2.75, 3.05) is 13.1 Å². The van der Waals surface area contributed by atoms with Crippen LogP contribution in [-0.4, -0.2) is 29.3 Å². The van der Waals surface area contributed by atoms with Crippen LogP contribution < -0.4 is 0 Å². The van der Waals surface area contributed by atoms with Crippen LogP contribution >= 0.6 is 12.6 Å². The Morgan fingerprint density at radius 3 is 2.27 bits per heavy atom. The van der Waals surface area contributed by atoms with Crippen molar-refractivity contribution >= 4 is 12.6 Å². The van der Waals surface area contributed by atoms with Crippen LogP contribution in [0.3, 0.4) is 0 Å². The van der Waals surface area contributed by atoms with Gasteiger partial charge in [0.2, 0.25) is 0 Å². The molecule has 0 N–H and O–H groups in total. The first kappa shape index (κ1) is 9.40. The van der Waals surface area contributed by atoms with Gasteiger partial charge in [-0.3, -0.25) is 0 Å². The minimum atomic E-state index is 0.568. The molecule has 1 rings (SSSR count). The molecule has 1 nitrogen and oxygen atoms in total. The summed E-state index contributed by atoms with van der Waals surface area (Å²) in [7, 11) is 0. The number of thiol groups is 1. The Balaban J connectivity index is 2.35. The third kappa shape index (κ3) is 2.38. The van der Waals surface area contributed by atoms with Gasteiger partial charge in [0, 0.05) is 17.8 Å². The lowest BCUT2D eigenvalue weighted by atomic mass is 10.1. The van der Waals surface area contributed by atoms with E-state index in [4.69, 9.17) is 0 Å². The molecule has 1 aliphatic rings. The third-order valence-electron chi connectivity index (χ3n) is 2.67. The predicted octanol–water partition coefficient (Wildman–Crippen LogP) is 2.04. The Bertz CT molecular complexity index is 109. The molecule has 0 aromatic carbocycles. The van der Waals surface area contributed by atoms with Gasteiger partial charge in [-0.1, -0.05) is 6.92 Å². The highest BCUT2D eigenvalue weighted by molar-refractivity contribution is 7.80. The van der Waals surface area contributed by atoms with Crippen molar-refractivity contribution < 1.29 is 0 Å². The first-order chi connectivity index (χ1) is 5.11. The van der Waals surface area contributed by atoms with Crippen LogP contribution in [-0.2, 0) is 0 Å². The molecule has 2 unspecified atom stereocenters. The maximum atomic E-state index is 4.48. The molecule has 0 saturated carbocycles. The smallest absolute Gasteiger partial charge is 0.00387 e. The second kappa shape index (κ2) is 3.81. The minimum absolute atomic E-state index is 0.568. The normalized spacial score (nSPS) is 29.7. The second-order valence-electron chi connectivity index (χ2n) is 3.88. The number of likely N-dealkylation sites (tertiary alicyclic amines) is 1. The highest BCUT2D eigenvalue weighted by Crippen LogP contribution is 2.23. The Morgan fingerprint density at radius 1 is 1.36 bits per heavy atom. The summed E-state index contributed by atoms with van der Waals surface area (Å²) in [4.78, 5) is 2.54. The van der Waals surface area contributed by atoms with Gasteiger partial charge in [-0.2, -0.15) is 12.6 Å². The summed E-state index contributed by atoms with van der Waals surface area (Å²) < 4.78 is 0. The summed E-state index contributed by atoms with van der Waals surface area (Å²) in [6.07, 6.45) is 1.34. The van der Waals surface area contributed by atoms with E-state index in [-0.39, 0.29) is 0 Å². The quantitative estimate of drug-likeness (QED) is 0.625. The van der Waals surface area contributed by atoms with Crippen LogP contribution in [0.5, 0.6) is 0 Å². The zero-order chi connectivity index (χ0) is 8.43. The molecule has 0 aromatic rings. The molecule has 1 saturated heterocycles. The summed E-state index contributed by atoms with van der Waals surface area (Å²) in [6.45, 7) is 9.27. The van der Waals surface area contributed by atoms with E-state index in [1.807, 2.05) is 0 Å². The van der Waals surface area contributed by atoms with Gasteiger partial charge in [-0.15, -0.1) is 0 Å². The molecule has 1 fully saturated rings. The standard InChI is InChI=1S/C9H19NS/c1-7(2)10-5-4-9(6-10)8(3)11/h7-9,11H,4-6H2,1-3H3. The third-order valence-corrected chi connectivity index (χ3v) is 3.09. The van der Waals surface area contributed by atoms with Crippen LogP contribution in [0, 0.1) is 5.92 Å². The first-order valence-corrected chi connectivity index (χ1v) is 5.05. The summed E-state index contributed by atoms with van der Waals surface area (Å²) in [5.74, 6) is 0.820. The van der Waals surface area contributed by atoms with Crippen molar-refractivity contribution in [3.05, 3.63) is 0 Å². The molecule has 0 spiro atoms. The van der Waals surface area contributed by atoms with Crippen molar-refractivity contribution in [2.45, 2.75) is 38.5 Å². The second-order valence-corrected chi connectivity index (χ2v) is 4.69. The Morgan fingerprint density at radius 2 is 2.00 bits per heavy atom. The molecule has 2 heteroatoms. The van der Waals surface area contributed by atoms with Gasteiger partial charge in [0.15, 0.2) is 0 Å². The number of nitrogens with zero attached hydrogens (tertiary/aromatic N) is 1. The highest BCUT2D eigenvalue weighted by atomic mass is 32.1. The highest BCUT2D eigenvalue weighted by Gasteiger charge is 2.26. The van der Waals surface area contributed by atoms with Gasteiger partial charge in [0.05, 0.1) is 0 Å². The van der Waals surface area contributed by atoms with Crippen molar-refractivity contribution in [2.24, 2.45) is 5.92 Å². The van der Waals surface area contributed by atoms with E-state index >= 15 is 0 Å². The largest absolute Gasteiger partial charge is 0.301 e. The van der Waals surface area contributed by atoms with Crippen molar-refractivity contribution in [1.82, 2.24) is 4.90 Å². The molecule has 0 aromatic heterocycles. The van der Waals surface area contributed by atoms with Crippen LogP contribution in [0.1, 0.15) is 27.2 Å². The average Bonchev–Trinajstić information content (AvgIpc) is 2.33. The topological polar surface area (TPSA) is 3.24 Å². The molecular weight excluding hydrogens is 154 g/mol. The Hall–Kier alpha value is 0.310. The fourth-order valence-corrected chi connectivity index (χ4v) is 1.92. The van der Waals surface area contributed by atoms with Crippen molar-refractivity contribution in [3.63, 3.8) is 0 Å². The zero-order valence-corrected chi connectivity index (χ0v) is 8.64. The van der Waals surface area contributed by atoms with Crippen LogP contribution in [0.15, 0.2) is 0 Å². The number of hydrogen-bond acceptors (Lipinski definition) is 2. The Kier molecular flexibility index (Phi) is 3.26. The van der Waals surface area contributed by atoms with Gasteiger partial charge in [0.25, 0.3) is 0 Å². The van der Waals surface area contributed by atoms with Crippen molar-refractivity contribution in [3.8, 4) is 0 Å². The first-order valence-electron chi connectivity index (χ1n) is 4.53. The summed E-state index contributed by atoms with van der Waals surface area (Å²) in [5, 5.41) is 0.568. The molecule has 0 amide bonds. The lowest BCUT2D eigenvalue weighted by molar-refractivity contribution is 0.265. The molecule has 11 heavy (non-hydrogen) atoms. The summed E-state index contributed by atoms with van der Waals surface area (Å²) in [5.41, 5.74) is 0. The van der Waals surface area contributed by atoms with Gasteiger partial charge in [0.1, 0.15) is 0 Å². The summed E-state index contributed by atoms with van der Waals surface area (Å²) in [6, 6.07) is 0.715.